The summed E-state index contributed by atoms with van der Waals surface area (Å²) in [6, 6.07) is 14.1. The lowest BCUT2D eigenvalue weighted by atomic mass is 10.3. The highest BCUT2D eigenvalue weighted by molar-refractivity contribution is 7.91. The highest BCUT2D eigenvalue weighted by atomic mass is 32.2. The second kappa shape index (κ2) is 8.61. The molecule has 158 valence electrons. The fourth-order valence-electron chi connectivity index (χ4n) is 3.48. The van der Waals surface area contributed by atoms with Crippen LogP contribution in [0.15, 0.2) is 53.4 Å². The number of fused-ring (bicyclic) bond motifs is 1. The summed E-state index contributed by atoms with van der Waals surface area (Å²) in [6.07, 6.45) is -0.00440. The first-order valence-electron chi connectivity index (χ1n) is 9.72. The molecule has 0 unspecified atom stereocenters. The number of benzene rings is 2. The third-order valence-corrected chi connectivity index (χ3v) is 7.99. The molecule has 4 rings (SSSR count). The number of anilines is 1. The van der Waals surface area contributed by atoms with Crippen LogP contribution in [-0.4, -0.2) is 63.3 Å². The van der Waals surface area contributed by atoms with Crippen molar-refractivity contribution in [1.82, 2.24) is 9.88 Å². The fourth-order valence-corrected chi connectivity index (χ4v) is 5.77. The average Bonchev–Trinajstić information content (AvgIpc) is 3.23. The van der Waals surface area contributed by atoms with Gasteiger partial charge in [0.2, 0.25) is 5.91 Å². The van der Waals surface area contributed by atoms with Gasteiger partial charge in [-0.25, -0.2) is 13.4 Å². The number of ether oxygens (including phenoxy) is 1. The van der Waals surface area contributed by atoms with Gasteiger partial charge in [-0.2, -0.15) is 0 Å². The van der Waals surface area contributed by atoms with Gasteiger partial charge in [-0.1, -0.05) is 35.6 Å². The van der Waals surface area contributed by atoms with Gasteiger partial charge in [-0.3, -0.25) is 4.79 Å². The lowest BCUT2D eigenvalue weighted by molar-refractivity contribution is -0.131. The number of methoxy groups -OCH3 is 1. The van der Waals surface area contributed by atoms with Crippen molar-refractivity contribution in [3.8, 4) is 5.75 Å². The van der Waals surface area contributed by atoms with Gasteiger partial charge in [0.15, 0.2) is 15.0 Å². The van der Waals surface area contributed by atoms with Gasteiger partial charge in [0.25, 0.3) is 0 Å². The van der Waals surface area contributed by atoms with E-state index in [9.17, 15) is 13.2 Å². The Bertz CT molecular complexity index is 1140. The number of amides is 1. The van der Waals surface area contributed by atoms with Crippen molar-refractivity contribution in [2.75, 3.05) is 43.9 Å². The number of thiazole rings is 1. The molecular weight excluding hydrogens is 422 g/mol. The minimum Gasteiger partial charge on any atom is -0.494 e. The largest absolute Gasteiger partial charge is 0.494 e. The first kappa shape index (κ1) is 20.6. The first-order chi connectivity index (χ1) is 14.5. The van der Waals surface area contributed by atoms with E-state index < -0.39 is 9.84 Å². The quantitative estimate of drug-likeness (QED) is 0.581. The normalized spacial score (nSPS) is 14.8. The van der Waals surface area contributed by atoms with Crippen LogP contribution >= 0.6 is 11.3 Å². The molecular formula is C21H23N3O4S2. The van der Waals surface area contributed by atoms with Crippen LogP contribution in [0.3, 0.4) is 0 Å². The minimum absolute atomic E-state index is 0.00440. The number of carbonyl (C=O) groups is 1. The van der Waals surface area contributed by atoms with E-state index >= 15 is 0 Å². The van der Waals surface area contributed by atoms with Gasteiger partial charge in [-0.05, 0) is 24.3 Å². The second-order valence-corrected chi connectivity index (χ2v) is 10.2. The van der Waals surface area contributed by atoms with Gasteiger partial charge in [-0.15, -0.1) is 0 Å². The predicted octanol–water partition coefficient (Wildman–Crippen LogP) is 2.82. The third kappa shape index (κ3) is 4.27. The Morgan fingerprint density at radius 2 is 1.80 bits per heavy atom. The maximum Gasteiger partial charge on any atom is 0.223 e. The van der Waals surface area contributed by atoms with Crippen molar-refractivity contribution in [3.05, 3.63) is 48.5 Å². The molecule has 1 fully saturated rings. The Morgan fingerprint density at radius 3 is 2.50 bits per heavy atom. The average molecular weight is 446 g/mol. The number of nitrogens with zero attached hydrogens (tertiary/aromatic N) is 3. The summed E-state index contributed by atoms with van der Waals surface area (Å²) in [5, 5.41) is 0.910. The van der Waals surface area contributed by atoms with Crippen LogP contribution in [0.25, 0.3) is 10.2 Å². The second-order valence-electron chi connectivity index (χ2n) is 7.05. The molecule has 2 heterocycles. The van der Waals surface area contributed by atoms with E-state index in [2.05, 4.69) is 4.90 Å². The summed E-state index contributed by atoms with van der Waals surface area (Å²) in [7, 11) is -1.81. The van der Waals surface area contributed by atoms with Gasteiger partial charge in [0.05, 0.1) is 22.5 Å². The lowest BCUT2D eigenvalue weighted by Crippen LogP contribution is -2.49. The molecule has 0 N–H and O–H groups in total. The molecule has 30 heavy (non-hydrogen) atoms. The third-order valence-electron chi connectivity index (χ3n) is 5.18. The number of aromatic nitrogens is 1. The fraction of sp³-hybridized carbons (Fsp3) is 0.333. The summed E-state index contributed by atoms with van der Waals surface area (Å²) in [5.41, 5.74) is 0.852. The molecule has 3 aromatic rings. The van der Waals surface area contributed by atoms with E-state index in [1.54, 1.807) is 53.7 Å². The van der Waals surface area contributed by atoms with Crippen LogP contribution in [-0.2, 0) is 14.6 Å². The molecule has 0 radical (unpaired) electrons. The number of hydrogen-bond acceptors (Lipinski definition) is 7. The van der Waals surface area contributed by atoms with Crippen LogP contribution in [0.2, 0.25) is 0 Å². The summed E-state index contributed by atoms with van der Waals surface area (Å²) < 4.78 is 31.2. The number of hydrogen-bond donors (Lipinski definition) is 0. The van der Waals surface area contributed by atoms with Crippen molar-refractivity contribution in [1.29, 1.82) is 0 Å². The van der Waals surface area contributed by atoms with E-state index in [0.717, 1.165) is 21.1 Å². The van der Waals surface area contributed by atoms with Crippen LogP contribution in [0.4, 0.5) is 5.13 Å². The summed E-state index contributed by atoms with van der Waals surface area (Å²) >= 11 is 1.61. The zero-order valence-electron chi connectivity index (χ0n) is 16.7. The smallest absolute Gasteiger partial charge is 0.223 e. The number of carbonyl (C=O) groups excluding carboxylic acids is 1. The maximum absolute atomic E-state index is 12.6. The van der Waals surface area contributed by atoms with E-state index in [1.807, 2.05) is 18.2 Å². The Hall–Kier alpha value is -2.65. The van der Waals surface area contributed by atoms with Crippen LogP contribution < -0.4 is 9.64 Å². The standard InChI is InChI=1S/C21H23N3O4S2/c1-28-17-8-5-9-18-20(17)22-21(29-18)24-13-11-23(12-14-24)19(25)10-15-30(26,27)16-6-3-2-4-7-16/h2-9H,10-15H2,1H3. The molecule has 2 aromatic carbocycles. The molecule has 1 saturated heterocycles. The minimum atomic E-state index is -3.45. The molecule has 1 aliphatic rings. The molecule has 1 aliphatic heterocycles. The first-order valence-corrected chi connectivity index (χ1v) is 12.2. The van der Waals surface area contributed by atoms with Crippen LogP contribution in [0.5, 0.6) is 5.75 Å². The SMILES string of the molecule is COc1cccc2sc(N3CCN(C(=O)CCS(=O)(=O)c4ccccc4)CC3)nc12. The Kier molecular flexibility index (Phi) is 5.92. The monoisotopic (exact) mass is 445 g/mol. The van der Waals surface area contributed by atoms with Crippen molar-refractivity contribution < 1.29 is 17.9 Å². The molecule has 0 bridgehead atoms. The maximum atomic E-state index is 12.6. The highest BCUT2D eigenvalue weighted by Crippen LogP contribution is 2.34. The molecule has 0 saturated carbocycles. The molecule has 0 atom stereocenters. The number of sulfone groups is 1. The predicted molar refractivity (Wildman–Crippen MR) is 118 cm³/mol. The van der Waals surface area contributed by atoms with Gasteiger partial charge in [0.1, 0.15) is 11.3 Å². The summed E-state index contributed by atoms with van der Waals surface area (Å²) in [5.74, 6) is 0.455. The van der Waals surface area contributed by atoms with Crippen molar-refractivity contribution in [2.24, 2.45) is 0 Å². The summed E-state index contributed by atoms with van der Waals surface area (Å²) in [6.45, 7) is 2.44. The molecule has 1 aromatic heterocycles. The van der Waals surface area contributed by atoms with Crippen molar-refractivity contribution in [3.63, 3.8) is 0 Å². The lowest BCUT2D eigenvalue weighted by Gasteiger charge is -2.34. The van der Waals surface area contributed by atoms with Crippen molar-refractivity contribution >= 4 is 42.4 Å². The molecule has 7 nitrogen and oxygen atoms in total. The van der Waals surface area contributed by atoms with Crippen molar-refractivity contribution in [2.45, 2.75) is 11.3 Å². The molecule has 1 amide bonds. The Balaban J connectivity index is 1.35. The van der Waals surface area contributed by atoms with Crippen LogP contribution in [0.1, 0.15) is 6.42 Å². The van der Waals surface area contributed by atoms with E-state index in [0.29, 0.717) is 26.2 Å². The number of para-hydroxylation sites is 1. The molecule has 0 aliphatic carbocycles. The number of piperazine rings is 1. The number of rotatable bonds is 6. The Labute approximate surface area is 179 Å². The molecule has 9 heteroatoms. The van der Waals surface area contributed by atoms with E-state index in [1.165, 1.54) is 0 Å². The van der Waals surface area contributed by atoms with Crippen LogP contribution in [0, 0.1) is 0 Å². The highest BCUT2D eigenvalue weighted by Gasteiger charge is 2.25. The zero-order chi connectivity index (χ0) is 21.1. The van der Waals surface area contributed by atoms with Gasteiger partial charge >= 0.3 is 0 Å². The topological polar surface area (TPSA) is 79.8 Å². The Morgan fingerprint density at radius 1 is 1.07 bits per heavy atom. The van der Waals surface area contributed by atoms with E-state index in [4.69, 9.17) is 9.72 Å². The summed E-state index contributed by atoms with van der Waals surface area (Å²) in [4.78, 5) is 21.4. The van der Waals surface area contributed by atoms with Gasteiger partial charge < -0.3 is 14.5 Å². The van der Waals surface area contributed by atoms with Gasteiger partial charge in [0, 0.05) is 32.6 Å². The molecule has 0 spiro atoms. The van der Waals surface area contributed by atoms with E-state index in [-0.39, 0.29) is 23.0 Å². The zero-order valence-corrected chi connectivity index (χ0v) is 18.3.